The Morgan fingerprint density at radius 3 is 2.05 bits per heavy atom. The summed E-state index contributed by atoms with van der Waals surface area (Å²) in [7, 11) is 0. The number of carbonyl (C=O) groups is 2. The predicted octanol–water partition coefficient (Wildman–Crippen LogP) is 2.72. The third-order valence-electron chi connectivity index (χ3n) is 4.67. The molecule has 2 amide bonds. The Morgan fingerprint density at radius 1 is 1.10 bits per heavy atom. The first-order chi connectivity index (χ1) is 9.00. The van der Waals surface area contributed by atoms with Crippen LogP contribution in [0.3, 0.4) is 0 Å². The molecular formula is C16H30N2O2. The quantitative estimate of drug-likeness (QED) is 0.862. The van der Waals surface area contributed by atoms with Gasteiger partial charge in [0.2, 0.25) is 11.8 Å². The molecule has 1 saturated heterocycles. The van der Waals surface area contributed by atoms with Crippen molar-refractivity contribution in [1.82, 2.24) is 10.2 Å². The molecule has 0 aromatic carbocycles. The van der Waals surface area contributed by atoms with Gasteiger partial charge in [-0.25, -0.2) is 0 Å². The number of piperazine rings is 1. The van der Waals surface area contributed by atoms with Crippen molar-refractivity contribution in [2.45, 2.75) is 78.8 Å². The summed E-state index contributed by atoms with van der Waals surface area (Å²) in [5.74, 6) is 0.0195. The fourth-order valence-electron chi connectivity index (χ4n) is 2.47. The minimum absolute atomic E-state index is 0.0298. The maximum atomic E-state index is 12.8. The van der Waals surface area contributed by atoms with E-state index in [9.17, 15) is 9.59 Å². The molecule has 0 aromatic rings. The van der Waals surface area contributed by atoms with Gasteiger partial charge in [-0.2, -0.15) is 0 Å². The fraction of sp³-hybridized carbons (Fsp3) is 0.875. The van der Waals surface area contributed by atoms with Crippen molar-refractivity contribution in [1.29, 1.82) is 0 Å². The van der Waals surface area contributed by atoms with E-state index in [-0.39, 0.29) is 17.2 Å². The average molecular weight is 282 g/mol. The molecule has 0 aromatic heterocycles. The van der Waals surface area contributed by atoms with Crippen LogP contribution < -0.4 is 5.32 Å². The highest BCUT2D eigenvalue weighted by atomic mass is 16.2. The lowest BCUT2D eigenvalue weighted by molar-refractivity contribution is -0.162. The lowest BCUT2D eigenvalue weighted by atomic mass is 9.82. The Kier molecular flexibility index (Phi) is 4.57. The van der Waals surface area contributed by atoms with Crippen LogP contribution >= 0.6 is 0 Å². The van der Waals surface area contributed by atoms with Gasteiger partial charge in [0.1, 0.15) is 11.1 Å². The number of hydrogen-bond donors (Lipinski definition) is 1. The number of rotatable bonds is 4. The summed E-state index contributed by atoms with van der Waals surface area (Å²) in [6.45, 7) is 14.7. The van der Waals surface area contributed by atoms with E-state index in [2.05, 4.69) is 26.1 Å². The molecule has 2 unspecified atom stereocenters. The van der Waals surface area contributed by atoms with E-state index in [4.69, 9.17) is 0 Å². The molecule has 2 atom stereocenters. The third kappa shape index (κ3) is 2.99. The molecule has 20 heavy (non-hydrogen) atoms. The predicted molar refractivity (Wildman–Crippen MR) is 81.3 cm³/mol. The minimum Gasteiger partial charge on any atom is -0.340 e. The van der Waals surface area contributed by atoms with Gasteiger partial charge in [-0.15, -0.1) is 0 Å². The van der Waals surface area contributed by atoms with E-state index in [1.54, 1.807) is 4.90 Å². The summed E-state index contributed by atoms with van der Waals surface area (Å²) in [5, 5.41) is 2.93. The number of hydrogen-bond acceptors (Lipinski definition) is 2. The maximum Gasteiger partial charge on any atom is 0.248 e. The van der Waals surface area contributed by atoms with Crippen LogP contribution in [0.4, 0.5) is 0 Å². The van der Waals surface area contributed by atoms with Crippen molar-refractivity contribution in [3.8, 4) is 0 Å². The topological polar surface area (TPSA) is 49.4 Å². The molecule has 116 valence electrons. The lowest BCUT2D eigenvalue weighted by Crippen LogP contribution is -2.74. The van der Waals surface area contributed by atoms with E-state index >= 15 is 0 Å². The van der Waals surface area contributed by atoms with Gasteiger partial charge in [0.15, 0.2) is 0 Å². The van der Waals surface area contributed by atoms with Gasteiger partial charge in [-0.05, 0) is 38.5 Å². The minimum atomic E-state index is -0.760. The van der Waals surface area contributed by atoms with Crippen LogP contribution in [0.15, 0.2) is 0 Å². The molecular weight excluding hydrogens is 252 g/mol. The van der Waals surface area contributed by atoms with Crippen molar-refractivity contribution in [3.63, 3.8) is 0 Å². The summed E-state index contributed by atoms with van der Waals surface area (Å²) >= 11 is 0. The first-order valence-corrected chi connectivity index (χ1v) is 7.65. The van der Waals surface area contributed by atoms with Crippen molar-refractivity contribution < 1.29 is 9.59 Å². The van der Waals surface area contributed by atoms with Gasteiger partial charge in [0.05, 0.1) is 0 Å². The van der Waals surface area contributed by atoms with Gasteiger partial charge in [0.25, 0.3) is 0 Å². The number of carbonyl (C=O) groups excluding carboxylic acids is 2. The first-order valence-electron chi connectivity index (χ1n) is 7.65. The van der Waals surface area contributed by atoms with E-state index < -0.39 is 11.1 Å². The van der Waals surface area contributed by atoms with E-state index in [1.807, 2.05) is 27.7 Å². The standard InChI is InChI=1S/C16H30N2O2/c1-8-15(6)13(20)18(11-10-14(3,4)5)16(7,9-2)12(19)17-15/h8-11H2,1-7H3,(H,17,19). The number of amides is 2. The van der Waals surface area contributed by atoms with Gasteiger partial charge in [-0.1, -0.05) is 34.6 Å². The highest BCUT2D eigenvalue weighted by Gasteiger charge is 2.52. The summed E-state index contributed by atoms with van der Waals surface area (Å²) < 4.78 is 0. The summed E-state index contributed by atoms with van der Waals surface area (Å²) in [6, 6.07) is 0. The fourth-order valence-corrected chi connectivity index (χ4v) is 2.47. The second-order valence-electron chi connectivity index (χ2n) is 7.53. The van der Waals surface area contributed by atoms with Crippen LogP contribution in [0, 0.1) is 5.41 Å². The zero-order chi connectivity index (χ0) is 15.8. The Labute approximate surface area is 123 Å². The molecule has 0 aliphatic carbocycles. The van der Waals surface area contributed by atoms with E-state index in [0.717, 1.165) is 6.42 Å². The normalized spacial score (nSPS) is 31.4. The summed E-state index contributed by atoms with van der Waals surface area (Å²) in [6.07, 6.45) is 2.14. The van der Waals surface area contributed by atoms with Crippen molar-refractivity contribution in [2.75, 3.05) is 6.54 Å². The van der Waals surface area contributed by atoms with Crippen LogP contribution in [-0.4, -0.2) is 34.3 Å². The second-order valence-corrected chi connectivity index (χ2v) is 7.53. The van der Waals surface area contributed by atoms with Crippen LogP contribution in [0.1, 0.15) is 67.7 Å². The molecule has 1 rings (SSSR count). The van der Waals surface area contributed by atoms with Crippen LogP contribution in [0.5, 0.6) is 0 Å². The van der Waals surface area contributed by atoms with Gasteiger partial charge < -0.3 is 10.2 Å². The molecule has 0 radical (unpaired) electrons. The van der Waals surface area contributed by atoms with Crippen LogP contribution in [0.2, 0.25) is 0 Å². The lowest BCUT2D eigenvalue weighted by Gasteiger charge is -2.50. The number of nitrogens with one attached hydrogen (secondary N) is 1. The van der Waals surface area contributed by atoms with Crippen LogP contribution in [-0.2, 0) is 9.59 Å². The molecule has 4 nitrogen and oxygen atoms in total. The van der Waals surface area contributed by atoms with Gasteiger partial charge in [0, 0.05) is 6.54 Å². The van der Waals surface area contributed by atoms with E-state index in [1.165, 1.54) is 0 Å². The molecule has 0 bridgehead atoms. The van der Waals surface area contributed by atoms with Crippen molar-refractivity contribution in [3.05, 3.63) is 0 Å². The monoisotopic (exact) mass is 282 g/mol. The molecule has 4 heteroatoms. The Balaban J connectivity index is 3.10. The maximum absolute atomic E-state index is 12.8. The average Bonchev–Trinajstić information content (AvgIpc) is 2.35. The zero-order valence-electron chi connectivity index (χ0n) is 14.1. The van der Waals surface area contributed by atoms with Gasteiger partial charge in [-0.3, -0.25) is 9.59 Å². The largest absolute Gasteiger partial charge is 0.340 e. The third-order valence-corrected chi connectivity index (χ3v) is 4.67. The molecule has 0 saturated carbocycles. The SMILES string of the molecule is CCC1(C)NC(=O)C(C)(CC)N(CCC(C)(C)C)C1=O. The summed E-state index contributed by atoms with van der Waals surface area (Å²) in [5.41, 5.74) is -1.34. The molecule has 1 N–H and O–H groups in total. The smallest absolute Gasteiger partial charge is 0.248 e. The van der Waals surface area contributed by atoms with Crippen LogP contribution in [0.25, 0.3) is 0 Å². The Hall–Kier alpha value is -1.06. The molecule has 1 fully saturated rings. The number of nitrogens with zero attached hydrogens (tertiary/aromatic N) is 1. The first kappa shape index (κ1) is 17.0. The van der Waals surface area contributed by atoms with Gasteiger partial charge >= 0.3 is 0 Å². The summed E-state index contributed by atoms with van der Waals surface area (Å²) in [4.78, 5) is 27.1. The molecule has 0 spiro atoms. The zero-order valence-corrected chi connectivity index (χ0v) is 14.1. The van der Waals surface area contributed by atoms with Crippen molar-refractivity contribution >= 4 is 11.8 Å². The molecule has 1 aliphatic rings. The Bertz CT molecular complexity index is 400. The highest BCUT2D eigenvalue weighted by Crippen LogP contribution is 2.32. The van der Waals surface area contributed by atoms with E-state index in [0.29, 0.717) is 19.4 Å². The Morgan fingerprint density at radius 2 is 1.65 bits per heavy atom. The highest BCUT2D eigenvalue weighted by molar-refractivity contribution is 6.01. The molecule has 1 aliphatic heterocycles. The molecule has 1 heterocycles. The second kappa shape index (κ2) is 5.38. The van der Waals surface area contributed by atoms with Crippen molar-refractivity contribution in [2.24, 2.45) is 5.41 Å².